The number of hydrogen-bond donors (Lipinski definition) is 0. The van der Waals surface area contributed by atoms with Crippen LogP contribution in [0.25, 0.3) is 11.5 Å². The van der Waals surface area contributed by atoms with Gasteiger partial charge in [0.2, 0.25) is 5.89 Å². The topological polar surface area (TPSA) is 52.3 Å². The van der Waals surface area contributed by atoms with E-state index in [1.807, 2.05) is 38.1 Å². The highest BCUT2D eigenvalue weighted by Gasteiger charge is 2.30. The number of alkyl halides is 3. The Labute approximate surface area is 182 Å². The van der Waals surface area contributed by atoms with E-state index in [0.29, 0.717) is 28.7 Å². The van der Waals surface area contributed by atoms with Gasteiger partial charge in [-0.05, 0) is 48.9 Å². The SMILES string of the molecule is COC(=O)Cc1cccc(SCC(C)c2oc(-c3ccc(C(F)(F)F)cc3)nc2C)c1. The molecule has 2 aromatic carbocycles. The maximum absolute atomic E-state index is 12.8. The van der Waals surface area contributed by atoms with Gasteiger partial charge in [-0.3, -0.25) is 4.79 Å². The number of benzene rings is 2. The first-order valence-electron chi connectivity index (χ1n) is 9.61. The van der Waals surface area contributed by atoms with Crippen molar-refractivity contribution in [3.05, 3.63) is 71.1 Å². The summed E-state index contributed by atoms with van der Waals surface area (Å²) in [5.74, 6) is 1.46. The van der Waals surface area contributed by atoms with Gasteiger partial charge in [0, 0.05) is 22.1 Å². The molecule has 3 aromatic rings. The summed E-state index contributed by atoms with van der Waals surface area (Å²) in [6.07, 6.45) is -4.16. The fraction of sp³-hybridized carbons (Fsp3) is 0.304. The zero-order valence-corrected chi connectivity index (χ0v) is 18.1. The molecule has 164 valence electrons. The van der Waals surface area contributed by atoms with E-state index in [1.165, 1.54) is 19.2 Å². The van der Waals surface area contributed by atoms with Gasteiger partial charge in [0.05, 0.1) is 24.8 Å². The number of rotatable bonds is 7. The molecule has 0 N–H and O–H groups in total. The Morgan fingerprint density at radius 1 is 1.19 bits per heavy atom. The average molecular weight is 449 g/mol. The number of nitrogens with zero attached hydrogens (tertiary/aromatic N) is 1. The minimum absolute atomic E-state index is 0.0324. The smallest absolute Gasteiger partial charge is 0.416 e. The standard InChI is InChI=1S/C23H22F3NO3S/c1-14(13-31-19-6-4-5-16(11-19)12-20(28)29-3)21-15(2)27-22(30-21)17-7-9-18(10-8-17)23(24,25)26/h4-11,14H,12-13H2,1-3H3. The van der Waals surface area contributed by atoms with Gasteiger partial charge in [0.15, 0.2) is 0 Å². The Balaban J connectivity index is 1.68. The van der Waals surface area contributed by atoms with Crippen LogP contribution in [0.5, 0.6) is 0 Å². The molecule has 31 heavy (non-hydrogen) atoms. The zero-order valence-electron chi connectivity index (χ0n) is 17.3. The second-order valence-electron chi connectivity index (χ2n) is 7.16. The van der Waals surface area contributed by atoms with E-state index in [0.717, 1.165) is 22.6 Å². The van der Waals surface area contributed by atoms with Crippen LogP contribution in [-0.4, -0.2) is 23.8 Å². The van der Waals surface area contributed by atoms with Gasteiger partial charge < -0.3 is 9.15 Å². The summed E-state index contributed by atoms with van der Waals surface area (Å²) in [6.45, 7) is 3.83. The second-order valence-corrected chi connectivity index (χ2v) is 8.25. The van der Waals surface area contributed by atoms with Crippen LogP contribution in [0.4, 0.5) is 13.2 Å². The molecule has 1 heterocycles. The molecule has 0 radical (unpaired) electrons. The average Bonchev–Trinajstić information content (AvgIpc) is 3.13. The van der Waals surface area contributed by atoms with Crippen LogP contribution in [0.15, 0.2) is 57.8 Å². The number of carbonyl (C=O) groups excluding carboxylic acids is 1. The van der Waals surface area contributed by atoms with E-state index in [-0.39, 0.29) is 18.3 Å². The number of esters is 1. The van der Waals surface area contributed by atoms with Crippen LogP contribution >= 0.6 is 11.8 Å². The molecule has 4 nitrogen and oxygen atoms in total. The van der Waals surface area contributed by atoms with E-state index in [1.54, 1.807) is 11.8 Å². The monoisotopic (exact) mass is 449 g/mol. The number of aromatic nitrogens is 1. The first-order chi connectivity index (χ1) is 14.7. The number of aryl methyl sites for hydroxylation is 1. The first-order valence-corrected chi connectivity index (χ1v) is 10.6. The van der Waals surface area contributed by atoms with E-state index in [4.69, 9.17) is 9.15 Å². The molecule has 0 fully saturated rings. The van der Waals surface area contributed by atoms with Gasteiger partial charge in [0.25, 0.3) is 0 Å². The first kappa shape index (κ1) is 22.9. The van der Waals surface area contributed by atoms with Gasteiger partial charge in [-0.2, -0.15) is 13.2 Å². The summed E-state index contributed by atoms with van der Waals surface area (Å²) in [4.78, 5) is 16.9. The molecule has 0 saturated carbocycles. The minimum atomic E-state index is -4.38. The van der Waals surface area contributed by atoms with Gasteiger partial charge in [-0.1, -0.05) is 19.1 Å². The lowest BCUT2D eigenvalue weighted by atomic mass is 10.1. The number of hydrogen-bond acceptors (Lipinski definition) is 5. The molecule has 0 spiro atoms. The highest BCUT2D eigenvalue weighted by molar-refractivity contribution is 7.99. The molecule has 0 saturated heterocycles. The summed E-state index contributed by atoms with van der Waals surface area (Å²) in [6, 6.07) is 12.5. The molecule has 1 unspecified atom stereocenters. The number of thioether (sulfide) groups is 1. The second kappa shape index (κ2) is 9.60. The summed E-state index contributed by atoms with van der Waals surface area (Å²) in [5, 5.41) is 0. The van der Waals surface area contributed by atoms with Crippen molar-refractivity contribution in [2.24, 2.45) is 0 Å². The Hall–Kier alpha value is -2.74. The summed E-state index contributed by atoms with van der Waals surface area (Å²) < 4.78 is 48.9. The van der Waals surface area contributed by atoms with Crippen molar-refractivity contribution in [1.82, 2.24) is 4.98 Å². The minimum Gasteiger partial charge on any atom is -0.469 e. The summed E-state index contributed by atoms with van der Waals surface area (Å²) in [5.41, 5.74) is 1.38. The molecular weight excluding hydrogens is 427 g/mol. The molecule has 1 aromatic heterocycles. The highest BCUT2D eigenvalue weighted by atomic mass is 32.2. The predicted octanol–water partition coefficient (Wildman–Crippen LogP) is 6.28. The molecule has 0 aliphatic rings. The van der Waals surface area contributed by atoms with Crippen molar-refractivity contribution in [3.63, 3.8) is 0 Å². The Morgan fingerprint density at radius 3 is 2.55 bits per heavy atom. The van der Waals surface area contributed by atoms with Crippen LogP contribution in [0, 0.1) is 6.92 Å². The lowest BCUT2D eigenvalue weighted by Crippen LogP contribution is -2.04. The summed E-state index contributed by atoms with van der Waals surface area (Å²) in [7, 11) is 1.36. The molecule has 0 bridgehead atoms. The Bertz CT molecular complexity index is 1040. The predicted molar refractivity (Wildman–Crippen MR) is 113 cm³/mol. The maximum atomic E-state index is 12.8. The van der Waals surface area contributed by atoms with Gasteiger partial charge in [-0.15, -0.1) is 11.8 Å². The number of oxazole rings is 1. The molecule has 0 aliphatic carbocycles. The maximum Gasteiger partial charge on any atom is 0.416 e. The normalized spacial score (nSPS) is 12.6. The van der Waals surface area contributed by atoms with Crippen molar-refractivity contribution < 1.29 is 27.1 Å². The van der Waals surface area contributed by atoms with Crippen LogP contribution in [0.2, 0.25) is 0 Å². The largest absolute Gasteiger partial charge is 0.469 e. The Morgan fingerprint density at radius 2 is 1.90 bits per heavy atom. The fourth-order valence-electron chi connectivity index (χ4n) is 3.07. The van der Waals surface area contributed by atoms with Crippen molar-refractivity contribution >= 4 is 17.7 Å². The highest BCUT2D eigenvalue weighted by Crippen LogP contribution is 2.33. The lowest BCUT2D eigenvalue weighted by Gasteiger charge is -2.10. The molecule has 0 amide bonds. The Kier molecular flexibility index (Phi) is 7.10. The van der Waals surface area contributed by atoms with Crippen LogP contribution in [0.3, 0.4) is 0 Å². The number of carbonyl (C=O) groups is 1. The molecule has 0 aliphatic heterocycles. The third-order valence-electron chi connectivity index (χ3n) is 4.71. The van der Waals surface area contributed by atoms with Gasteiger partial charge in [-0.25, -0.2) is 4.98 Å². The van der Waals surface area contributed by atoms with Crippen molar-refractivity contribution in [1.29, 1.82) is 0 Å². The van der Waals surface area contributed by atoms with E-state index >= 15 is 0 Å². The zero-order chi connectivity index (χ0) is 22.6. The third kappa shape index (κ3) is 5.91. The van der Waals surface area contributed by atoms with Crippen LogP contribution in [-0.2, 0) is 22.1 Å². The van der Waals surface area contributed by atoms with E-state index < -0.39 is 11.7 Å². The lowest BCUT2D eigenvalue weighted by molar-refractivity contribution is -0.140. The number of methoxy groups -OCH3 is 1. The van der Waals surface area contributed by atoms with Crippen molar-refractivity contribution in [3.8, 4) is 11.5 Å². The molecule has 1 atom stereocenters. The quantitative estimate of drug-likeness (QED) is 0.314. The van der Waals surface area contributed by atoms with Gasteiger partial charge in [0.1, 0.15) is 5.76 Å². The summed E-state index contributed by atoms with van der Waals surface area (Å²) >= 11 is 1.63. The van der Waals surface area contributed by atoms with Crippen LogP contribution in [0.1, 0.15) is 35.4 Å². The van der Waals surface area contributed by atoms with E-state index in [2.05, 4.69) is 4.98 Å². The van der Waals surface area contributed by atoms with E-state index in [9.17, 15) is 18.0 Å². The van der Waals surface area contributed by atoms with Crippen molar-refractivity contribution in [2.45, 2.75) is 37.3 Å². The fourth-order valence-corrected chi connectivity index (χ4v) is 4.07. The van der Waals surface area contributed by atoms with Gasteiger partial charge >= 0.3 is 12.1 Å². The molecule has 8 heteroatoms. The number of ether oxygens (including phenoxy) is 1. The molecule has 3 rings (SSSR count). The van der Waals surface area contributed by atoms with Crippen molar-refractivity contribution in [2.75, 3.05) is 12.9 Å². The molecular formula is C23H22F3NO3S. The number of halogens is 3. The van der Waals surface area contributed by atoms with Crippen LogP contribution < -0.4 is 0 Å². The third-order valence-corrected chi connectivity index (χ3v) is 5.97.